The zero-order chi connectivity index (χ0) is 13.8. The van der Waals surface area contributed by atoms with E-state index in [4.69, 9.17) is 0 Å². The van der Waals surface area contributed by atoms with Gasteiger partial charge in [0, 0.05) is 0 Å². The molecule has 0 radical (unpaired) electrons. The van der Waals surface area contributed by atoms with Crippen molar-refractivity contribution in [2.45, 2.75) is 46.0 Å². The van der Waals surface area contributed by atoms with Crippen LogP contribution in [0, 0.1) is 0 Å². The number of allylic oxidation sites excluding steroid dienone is 4. The van der Waals surface area contributed by atoms with Crippen molar-refractivity contribution in [1.82, 2.24) is 0 Å². The van der Waals surface area contributed by atoms with Gasteiger partial charge in [0.25, 0.3) is 0 Å². The molecular formula is C17H23Cl3SiTi. The summed E-state index contributed by atoms with van der Waals surface area (Å²) >= 11 is 2.29. The average molecular weight is 410 g/mol. The molecule has 0 aromatic heterocycles. The molecular weight excluding hydrogens is 386 g/mol. The molecule has 1 aromatic carbocycles. The van der Waals surface area contributed by atoms with Crippen LogP contribution in [0.25, 0.3) is 0 Å². The van der Waals surface area contributed by atoms with Crippen molar-refractivity contribution in [2.75, 3.05) is 0 Å². The molecule has 0 atom stereocenters. The number of halogens is 3. The van der Waals surface area contributed by atoms with Crippen LogP contribution >= 0.6 is 0 Å². The average Bonchev–Trinajstić information content (AvgIpc) is 2.72. The summed E-state index contributed by atoms with van der Waals surface area (Å²) in [4.78, 5) is 0. The number of hydrogen-bond donors (Lipinski definition) is 0. The third-order valence-corrected chi connectivity index (χ3v) is 6.62. The van der Waals surface area contributed by atoms with Crippen LogP contribution in [0.4, 0.5) is 0 Å². The van der Waals surface area contributed by atoms with Gasteiger partial charge in [-0.1, -0.05) is 0 Å². The first-order chi connectivity index (χ1) is 9.11. The summed E-state index contributed by atoms with van der Waals surface area (Å²) in [5, 5.41) is 3.39. The molecule has 0 unspecified atom stereocenters. The van der Waals surface area contributed by atoms with E-state index in [1.165, 1.54) is 24.8 Å². The van der Waals surface area contributed by atoms with Gasteiger partial charge in [-0.05, 0) is 0 Å². The predicted molar refractivity (Wildman–Crippen MR) is 83.3 cm³/mol. The van der Waals surface area contributed by atoms with Crippen LogP contribution in [-0.4, -0.2) is 9.52 Å². The summed E-state index contributed by atoms with van der Waals surface area (Å²) < 4.78 is 1.55. The van der Waals surface area contributed by atoms with Crippen LogP contribution in [0.3, 0.4) is 0 Å². The van der Waals surface area contributed by atoms with Crippen LogP contribution in [0.2, 0.25) is 0 Å². The first-order valence-corrected chi connectivity index (χ1v) is 9.53. The fourth-order valence-electron chi connectivity index (χ4n) is 2.71. The number of rotatable bonds is 5. The molecule has 120 valence electrons. The van der Waals surface area contributed by atoms with Crippen molar-refractivity contribution < 1.29 is 57.7 Å². The normalized spacial score (nSPS) is 13.8. The van der Waals surface area contributed by atoms with E-state index in [9.17, 15) is 0 Å². The first-order valence-electron chi connectivity index (χ1n) is 7.33. The van der Waals surface area contributed by atoms with Crippen molar-refractivity contribution in [3.63, 3.8) is 0 Å². The summed E-state index contributed by atoms with van der Waals surface area (Å²) in [7, 11) is -0.260. The minimum Gasteiger partial charge on any atom is -1.00 e. The summed E-state index contributed by atoms with van der Waals surface area (Å²) in [6.07, 6.45) is 6.19. The van der Waals surface area contributed by atoms with Gasteiger partial charge >= 0.3 is 132 Å². The molecule has 22 heavy (non-hydrogen) atoms. The number of benzene rings is 1. The Morgan fingerprint density at radius 1 is 1.18 bits per heavy atom. The standard InChI is InChI=1S/C17H23Si.3ClH.Ti/c1-4-7-14-8-6-11-17(14)18-16-10-5-9-15(12-16)13(2)3;;;;/h5-6,9-10,12-13H,4,7,11,18H2,1-3H3;3*1H;/q;;;;+3/p-3. The van der Waals surface area contributed by atoms with Crippen LogP contribution < -0.4 is 42.4 Å². The molecule has 0 fully saturated rings. The van der Waals surface area contributed by atoms with Gasteiger partial charge < -0.3 is 37.2 Å². The molecule has 1 aromatic rings. The van der Waals surface area contributed by atoms with E-state index in [1.807, 2.05) is 0 Å². The van der Waals surface area contributed by atoms with Gasteiger partial charge in [0.2, 0.25) is 0 Å². The van der Waals surface area contributed by atoms with E-state index in [1.54, 1.807) is 19.8 Å². The summed E-state index contributed by atoms with van der Waals surface area (Å²) in [6, 6.07) is 9.29. The summed E-state index contributed by atoms with van der Waals surface area (Å²) in [6.45, 7) is 6.85. The Morgan fingerprint density at radius 2 is 1.86 bits per heavy atom. The second-order valence-corrected chi connectivity index (χ2v) is 8.60. The minimum absolute atomic E-state index is 0. The van der Waals surface area contributed by atoms with Gasteiger partial charge in [-0.15, -0.1) is 0 Å². The van der Waals surface area contributed by atoms with Gasteiger partial charge in [0.15, 0.2) is 0 Å². The van der Waals surface area contributed by atoms with Crippen molar-refractivity contribution in [3.05, 3.63) is 50.6 Å². The van der Waals surface area contributed by atoms with Crippen molar-refractivity contribution in [2.24, 2.45) is 0 Å². The van der Waals surface area contributed by atoms with E-state index in [0.29, 0.717) is 5.92 Å². The van der Waals surface area contributed by atoms with E-state index in [2.05, 4.69) is 71.5 Å². The third-order valence-electron chi connectivity index (χ3n) is 3.84. The predicted octanol–water partition coefficient (Wildman–Crippen LogP) is -5.50. The Balaban J connectivity index is 0. The van der Waals surface area contributed by atoms with Crippen LogP contribution in [0.5, 0.6) is 0 Å². The second kappa shape index (κ2) is 11.9. The molecule has 0 saturated carbocycles. The Morgan fingerprint density at radius 3 is 2.45 bits per heavy atom. The van der Waals surface area contributed by atoms with Crippen LogP contribution in [0.1, 0.15) is 51.5 Å². The van der Waals surface area contributed by atoms with Crippen molar-refractivity contribution in [3.8, 4) is 0 Å². The van der Waals surface area contributed by atoms with Gasteiger partial charge in [-0.3, -0.25) is 0 Å². The van der Waals surface area contributed by atoms with Crippen LogP contribution in [0.15, 0.2) is 45.0 Å². The fraction of sp³-hybridized carbons (Fsp3) is 0.412. The molecule has 0 spiro atoms. The van der Waals surface area contributed by atoms with Gasteiger partial charge in [0.05, 0.1) is 0 Å². The zero-order valence-corrected chi connectivity index (χ0v) is 18.7. The van der Waals surface area contributed by atoms with Gasteiger partial charge in [-0.25, -0.2) is 0 Å². The molecule has 0 amide bonds. The SMILES string of the molecule is CCCC1=C([SiH2]c2cccc(C(C)C)c2)CC=[C]1[Ti+3].[Cl-].[Cl-].[Cl-]. The molecule has 0 N–H and O–H groups in total. The summed E-state index contributed by atoms with van der Waals surface area (Å²) in [5.74, 6) is 0.640. The second-order valence-electron chi connectivity index (χ2n) is 5.73. The minimum atomic E-state index is -0.260. The van der Waals surface area contributed by atoms with Gasteiger partial charge in [-0.2, -0.15) is 0 Å². The zero-order valence-electron chi connectivity index (χ0n) is 13.4. The maximum Gasteiger partial charge on any atom is -1.00 e. The largest absolute Gasteiger partial charge is 1.00 e. The Kier molecular flexibility index (Phi) is 13.4. The molecule has 0 nitrogen and oxygen atoms in total. The molecule has 2 rings (SSSR count). The quantitative estimate of drug-likeness (QED) is 0.426. The fourth-order valence-corrected chi connectivity index (χ4v) is 5.57. The van der Waals surface area contributed by atoms with Crippen LogP contribution in [-0.2, 0) is 20.4 Å². The molecule has 5 heteroatoms. The van der Waals surface area contributed by atoms with E-state index in [-0.39, 0.29) is 46.7 Å². The maximum absolute atomic E-state index is 2.45. The monoisotopic (exact) mass is 408 g/mol. The molecule has 1 aliphatic carbocycles. The van der Waals surface area contributed by atoms with E-state index < -0.39 is 0 Å². The molecule has 0 bridgehead atoms. The number of hydrogen-bond acceptors (Lipinski definition) is 0. The molecule has 0 saturated heterocycles. The van der Waals surface area contributed by atoms with Crippen molar-refractivity contribution >= 4 is 14.7 Å². The Hall–Kier alpha value is 0.501. The molecule has 0 aliphatic heterocycles. The van der Waals surface area contributed by atoms with E-state index in [0.717, 1.165) is 0 Å². The first kappa shape index (κ1) is 24.7. The molecule has 0 heterocycles. The summed E-state index contributed by atoms with van der Waals surface area (Å²) in [5.41, 5.74) is 3.18. The topological polar surface area (TPSA) is 0 Å². The smallest absolute Gasteiger partial charge is 1.00 e. The third kappa shape index (κ3) is 6.55. The maximum atomic E-state index is 2.45. The molecule has 1 aliphatic rings. The Bertz CT molecular complexity index is 524. The van der Waals surface area contributed by atoms with E-state index >= 15 is 0 Å². The van der Waals surface area contributed by atoms with Crippen molar-refractivity contribution in [1.29, 1.82) is 0 Å². The van der Waals surface area contributed by atoms with Gasteiger partial charge in [0.1, 0.15) is 0 Å². The Labute approximate surface area is 168 Å².